The highest BCUT2D eigenvalue weighted by molar-refractivity contribution is 7.80. The molecule has 0 atom stereocenters. The van der Waals surface area contributed by atoms with Gasteiger partial charge in [-0.2, -0.15) is 0 Å². The zero-order valence-electron chi connectivity index (χ0n) is 13.0. The molecule has 0 aliphatic heterocycles. The lowest BCUT2D eigenvalue weighted by atomic mass is 10.1. The van der Waals surface area contributed by atoms with Crippen LogP contribution in [0.15, 0.2) is 53.9 Å². The molecule has 1 aromatic heterocycles. The minimum Gasteiger partial charge on any atom is -0.358 e. The Morgan fingerprint density at radius 2 is 1.83 bits per heavy atom. The molecule has 0 aliphatic rings. The molecule has 2 N–H and O–H groups in total. The van der Waals surface area contributed by atoms with Gasteiger partial charge in [0.05, 0.1) is 10.7 Å². The van der Waals surface area contributed by atoms with E-state index in [1.807, 2.05) is 31.2 Å². The van der Waals surface area contributed by atoms with Gasteiger partial charge in [-0.25, -0.2) is 4.98 Å². The summed E-state index contributed by atoms with van der Waals surface area (Å²) >= 11 is 12.8. The average molecular weight is 374 g/mol. The number of hydrogen-bond donors (Lipinski definition) is 2. The molecule has 6 heteroatoms. The van der Waals surface area contributed by atoms with E-state index in [2.05, 4.69) is 45.3 Å². The van der Waals surface area contributed by atoms with Gasteiger partial charge in [-0.3, -0.25) is 0 Å². The van der Waals surface area contributed by atoms with E-state index < -0.39 is 0 Å². The van der Waals surface area contributed by atoms with E-state index in [4.69, 9.17) is 23.8 Å². The summed E-state index contributed by atoms with van der Waals surface area (Å²) in [7, 11) is 0. The molecule has 0 saturated carbocycles. The largest absolute Gasteiger partial charge is 0.358 e. The SMILES string of the molecule is Cc1nc(-c2ccc(CNC(=S)Nc3ccc(Cl)cc3)cc2)cs1. The first kappa shape index (κ1) is 16.9. The van der Waals surface area contributed by atoms with Gasteiger partial charge >= 0.3 is 0 Å². The third-order valence-corrected chi connectivity index (χ3v) is 4.70. The molecule has 0 bridgehead atoms. The second kappa shape index (κ2) is 7.75. The maximum absolute atomic E-state index is 5.87. The normalized spacial score (nSPS) is 10.4. The van der Waals surface area contributed by atoms with Crippen LogP contribution < -0.4 is 10.6 Å². The van der Waals surface area contributed by atoms with E-state index in [-0.39, 0.29) is 0 Å². The van der Waals surface area contributed by atoms with E-state index in [1.165, 1.54) is 0 Å². The second-order valence-corrected chi connectivity index (χ2v) is 7.17. The Kier molecular flexibility index (Phi) is 5.45. The lowest BCUT2D eigenvalue weighted by Crippen LogP contribution is -2.27. The lowest BCUT2D eigenvalue weighted by Gasteiger charge is -2.11. The summed E-state index contributed by atoms with van der Waals surface area (Å²) < 4.78 is 0. The maximum Gasteiger partial charge on any atom is 0.171 e. The minimum absolute atomic E-state index is 0.580. The Morgan fingerprint density at radius 3 is 2.46 bits per heavy atom. The van der Waals surface area contributed by atoms with Crippen molar-refractivity contribution in [2.75, 3.05) is 5.32 Å². The summed E-state index contributed by atoms with van der Waals surface area (Å²) in [4.78, 5) is 4.50. The van der Waals surface area contributed by atoms with E-state index >= 15 is 0 Å². The Bertz CT molecular complexity index is 826. The summed E-state index contributed by atoms with van der Waals surface area (Å²) in [5, 5.41) is 10.8. The molecular weight excluding hydrogens is 358 g/mol. The first-order valence-corrected chi connectivity index (χ1v) is 9.08. The fraction of sp³-hybridized carbons (Fsp3) is 0.111. The molecule has 0 spiro atoms. The second-order valence-electron chi connectivity index (χ2n) is 5.26. The van der Waals surface area contributed by atoms with Gasteiger partial charge in [0, 0.05) is 28.2 Å². The number of benzene rings is 2. The summed E-state index contributed by atoms with van der Waals surface area (Å²) in [6.45, 7) is 2.68. The first-order valence-electron chi connectivity index (χ1n) is 7.42. The maximum atomic E-state index is 5.87. The van der Waals surface area contributed by atoms with Crippen LogP contribution in [0.3, 0.4) is 0 Å². The zero-order valence-corrected chi connectivity index (χ0v) is 15.4. The van der Waals surface area contributed by atoms with Gasteiger partial charge in [0.15, 0.2) is 5.11 Å². The molecule has 24 heavy (non-hydrogen) atoms. The molecule has 0 aliphatic carbocycles. The predicted octanol–water partition coefficient (Wildman–Crippen LogP) is 5.26. The van der Waals surface area contributed by atoms with Crippen molar-refractivity contribution in [1.82, 2.24) is 10.3 Å². The number of rotatable bonds is 4. The van der Waals surface area contributed by atoms with Crippen LogP contribution in [0.1, 0.15) is 10.6 Å². The summed E-state index contributed by atoms with van der Waals surface area (Å²) in [6, 6.07) is 15.8. The van der Waals surface area contributed by atoms with Crippen LogP contribution in [-0.2, 0) is 6.54 Å². The monoisotopic (exact) mass is 373 g/mol. The minimum atomic E-state index is 0.580. The van der Waals surface area contributed by atoms with E-state index in [9.17, 15) is 0 Å². The van der Waals surface area contributed by atoms with Gasteiger partial charge in [-0.15, -0.1) is 11.3 Å². The van der Waals surface area contributed by atoms with E-state index in [1.54, 1.807) is 11.3 Å². The number of nitrogens with zero attached hydrogens (tertiary/aromatic N) is 1. The van der Waals surface area contributed by atoms with Crippen molar-refractivity contribution in [2.24, 2.45) is 0 Å². The van der Waals surface area contributed by atoms with Crippen molar-refractivity contribution in [3.8, 4) is 11.3 Å². The molecule has 0 fully saturated rings. The van der Waals surface area contributed by atoms with Crippen LogP contribution in [0.5, 0.6) is 0 Å². The van der Waals surface area contributed by atoms with Crippen molar-refractivity contribution in [1.29, 1.82) is 0 Å². The molecule has 3 aromatic rings. The number of aryl methyl sites for hydroxylation is 1. The van der Waals surface area contributed by atoms with E-state index in [0.717, 1.165) is 27.5 Å². The molecular formula is C18H16ClN3S2. The van der Waals surface area contributed by atoms with Gasteiger partial charge in [-0.05, 0) is 49.0 Å². The highest BCUT2D eigenvalue weighted by Crippen LogP contribution is 2.21. The lowest BCUT2D eigenvalue weighted by molar-refractivity contribution is 0.926. The highest BCUT2D eigenvalue weighted by atomic mass is 35.5. The summed E-state index contributed by atoms with van der Waals surface area (Å²) in [5.74, 6) is 0. The Balaban J connectivity index is 1.54. The van der Waals surface area contributed by atoms with Crippen molar-refractivity contribution in [2.45, 2.75) is 13.5 Å². The van der Waals surface area contributed by atoms with Crippen LogP contribution in [0.2, 0.25) is 5.02 Å². The van der Waals surface area contributed by atoms with Gasteiger partial charge in [-0.1, -0.05) is 35.9 Å². The van der Waals surface area contributed by atoms with Gasteiger partial charge in [0.25, 0.3) is 0 Å². The standard InChI is InChI=1S/C18H16ClN3S2/c1-12-21-17(11-24-12)14-4-2-13(3-5-14)10-20-18(23)22-16-8-6-15(19)7-9-16/h2-9,11H,10H2,1H3,(H2,20,22,23). The van der Waals surface area contributed by atoms with Crippen LogP contribution in [0.25, 0.3) is 11.3 Å². The molecule has 1 heterocycles. The predicted molar refractivity (Wildman–Crippen MR) is 107 cm³/mol. The zero-order chi connectivity index (χ0) is 16.9. The molecule has 0 unspecified atom stereocenters. The van der Waals surface area contributed by atoms with Crippen LogP contribution in [0, 0.1) is 6.92 Å². The van der Waals surface area contributed by atoms with Crippen molar-refractivity contribution < 1.29 is 0 Å². The topological polar surface area (TPSA) is 37.0 Å². The highest BCUT2D eigenvalue weighted by Gasteiger charge is 2.03. The number of nitrogens with one attached hydrogen (secondary N) is 2. The average Bonchev–Trinajstić information content (AvgIpc) is 3.02. The van der Waals surface area contributed by atoms with Gasteiger partial charge in [0.1, 0.15) is 0 Å². The summed E-state index contributed by atoms with van der Waals surface area (Å²) in [6.07, 6.45) is 0. The molecule has 122 valence electrons. The number of thiazole rings is 1. The number of thiocarbonyl (C=S) groups is 1. The van der Waals surface area contributed by atoms with Crippen LogP contribution in [-0.4, -0.2) is 10.1 Å². The van der Waals surface area contributed by atoms with Crippen LogP contribution in [0.4, 0.5) is 5.69 Å². The third kappa shape index (κ3) is 4.54. The fourth-order valence-electron chi connectivity index (χ4n) is 2.18. The van der Waals surface area contributed by atoms with E-state index in [0.29, 0.717) is 16.7 Å². The van der Waals surface area contributed by atoms with Gasteiger partial charge in [0.2, 0.25) is 0 Å². The number of anilines is 1. The Labute approximate surface area is 155 Å². The fourth-order valence-corrected chi connectivity index (χ4v) is 3.12. The molecule has 3 nitrogen and oxygen atoms in total. The van der Waals surface area contributed by atoms with Crippen molar-refractivity contribution in [3.05, 3.63) is 69.5 Å². The summed E-state index contributed by atoms with van der Waals surface area (Å²) in [5.41, 5.74) is 4.22. The molecule has 0 amide bonds. The third-order valence-electron chi connectivity index (χ3n) is 3.42. The Hall–Kier alpha value is -1.95. The molecule has 2 aromatic carbocycles. The molecule has 0 saturated heterocycles. The van der Waals surface area contributed by atoms with Gasteiger partial charge < -0.3 is 10.6 Å². The van der Waals surface area contributed by atoms with Crippen molar-refractivity contribution in [3.63, 3.8) is 0 Å². The first-order chi connectivity index (χ1) is 11.6. The number of hydrogen-bond acceptors (Lipinski definition) is 3. The quantitative estimate of drug-likeness (QED) is 0.612. The Morgan fingerprint density at radius 1 is 1.12 bits per heavy atom. The smallest absolute Gasteiger partial charge is 0.171 e. The number of halogens is 1. The van der Waals surface area contributed by atoms with Crippen LogP contribution >= 0.6 is 35.2 Å². The molecule has 3 rings (SSSR count). The number of aromatic nitrogens is 1. The molecule has 0 radical (unpaired) electrons. The van der Waals surface area contributed by atoms with Crippen molar-refractivity contribution >= 4 is 46.0 Å².